The van der Waals surface area contributed by atoms with Gasteiger partial charge >= 0.3 is 0 Å². The highest BCUT2D eigenvalue weighted by atomic mass is 19.2. The van der Waals surface area contributed by atoms with E-state index in [1.807, 2.05) is 0 Å². The van der Waals surface area contributed by atoms with E-state index >= 15 is 0 Å². The van der Waals surface area contributed by atoms with Gasteiger partial charge in [0.25, 0.3) is 0 Å². The third-order valence-corrected chi connectivity index (χ3v) is 2.51. The Morgan fingerprint density at radius 3 is 2.33 bits per heavy atom. The van der Waals surface area contributed by atoms with Gasteiger partial charge in [0.2, 0.25) is 5.82 Å². The van der Waals surface area contributed by atoms with Gasteiger partial charge in [0.05, 0.1) is 6.10 Å². The fourth-order valence-electron chi connectivity index (χ4n) is 1.50. The van der Waals surface area contributed by atoms with E-state index in [0.717, 1.165) is 11.6 Å². The lowest BCUT2D eigenvalue weighted by Crippen LogP contribution is -1.93. The molecule has 0 spiro atoms. The first-order valence-electron chi connectivity index (χ1n) is 5.48. The Bertz CT molecular complexity index is 536. The van der Waals surface area contributed by atoms with Gasteiger partial charge in [-0.25, -0.2) is 4.39 Å². The maximum atomic E-state index is 13.4. The van der Waals surface area contributed by atoms with Crippen LogP contribution in [-0.2, 0) is 0 Å². The molecule has 0 fully saturated rings. The Kier molecular flexibility index (Phi) is 3.58. The standard InChI is InChI=1S/C14H12F2O2/c1-9(17)10-5-7-11(8-6-10)18-13-4-2-3-12(15)14(13)16/h2-9,17H,1H3. The molecule has 2 aromatic rings. The minimum Gasteiger partial charge on any atom is -0.454 e. The molecule has 0 saturated carbocycles. The Hall–Kier alpha value is -1.94. The van der Waals surface area contributed by atoms with Crippen molar-refractivity contribution in [3.8, 4) is 11.5 Å². The number of benzene rings is 2. The SMILES string of the molecule is CC(O)c1ccc(Oc2cccc(F)c2F)cc1. The highest BCUT2D eigenvalue weighted by molar-refractivity contribution is 5.34. The molecule has 1 unspecified atom stereocenters. The second kappa shape index (κ2) is 5.14. The van der Waals surface area contributed by atoms with Crippen LogP contribution in [0.15, 0.2) is 42.5 Å². The lowest BCUT2D eigenvalue weighted by Gasteiger charge is -2.09. The minimum atomic E-state index is -1.02. The highest BCUT2D eigenvalue weighted by Gasteiger charge is 2.09. The van der Waals surface area contributed by atoms with Crippen molar-refractivity contribution in [2.45, 2.75) is 13.0 Å². The van der Waals surface area contributed by atoms with Crippen molar-refractivity contribution in [1.29, 1.82) is 0 Å². The van der Waals surface area contributed by atoms with Gasteiger partial charge in [0.15, 0.2) is 11.6 Å². The number of halogens is 2. The smallest absolute Gasteiger partial charge is 0.201 e. The summed E-state index contributed by atoms with van der Waals surface area (Å²) in [7, 11) is 0. The van der Waals surface area contributed by atoms with Crippen molar-refractivity contribution in [3.63, 3.8) is 0 Å². The summed E-state index contributed by atoms with van der Waals surface area (Å²) in [4.78, 5) is 0. The molecule has 2 aromatic carbocycles. The van der Waals surface area contributed by atoms with Gasteiger partial charge < -0.3 is 9.84 Å². The third-order valence-electron chi connectivity index (χ3n) is 2.51. The number of rotatable bonds is 3. The molecular weight excluding hydrogens is 238 g/mol. The predicted octanol–water partition coefficient (Wildman–Crippen LogP) is 3.81. The summed E-state index contributed by atoms with van der Waals surface area (Å²) in [6.45, 7) is 1.64. The van der Waals surface area contributed by atoms with E-state index in [1.165, 1.54) is 12.1 Å². The molecule has 0 aliphatic heterocycles. The molecule has 0 aliphatic carbocycles. The van der Waals surface area contributed by atoms with Crippen LogP contribution >= 0.6 is 0 Å². The van der Waals surface area contributed by atoms with Crippen LogP contribution in [-0.4, -0.2) is 5.11 Å². The molecule has 2 rings (SSSR count). The molecule has 0 heterocycles. The number of hydrogen-bond donors (Lipinski definition) is 1. The summed E-state index contributed by atoms with van der Waals surface area (Å²) >= 11 is 0. The zero-order chi connectivity index (χ0) is 13.1. The average Bonchev–Trinajstić information content (AvgIpc) is 2.36. The molecule has 4 heteroatoms. The first kappa shape index (κ1) is 12.5. The van der Waals surface area contributed by atoms with Crippen LogP contribution in [0.25, 0.3) is 0 Å². The lowest BCUT2D eigenvalue weighted by molar-refractivity contribution is 0.199. The maximum absolute atomic E-state index is 13.4. The van der Waals surface area contributed by atoms with E-state index in [0.29, 0.717) is 5.75 Å². The topological polar surface area (TPSA) is 29.5 Å². The zero-order valence-corrected chi connectivity index (χ0v) is 9.73. The van der Waals surface area contributed by atoms with Gasteiger partial charge in [0.1, 0.15) is 5.75 Å². The van der Waals surface area contributed by atoms with Crippen molar-refractivity contribution < 1.29 is 18.6 Å². The number of hydrogen-bond acceptors (Lipinski definition) is 2. The van der Waals surface area contributed by atoms with E-state index in [1.54, 1.807) is 31.2 Å². The summed E-state index contributed by atoms with van der Waals surface area (Å²) in [6.07, 6.45) is -0.579. The van der Waals surface area contributed by atoms with Gasteiger partial charge in [-0.2, -0.15) is 4.39 Å². The van der Waals surface area contributed by atoms with Crippen LogP contribution in [0.5, 0.6) is 11.5 Å². The van der Waals surface area contributed by atoms with Crippen molar-refractivity contribution in [3.05, 3.63) is 59.7 Å². The molecule has 0 amide bonds. The van der Waals surface area contributed by atoms with Crippen molar-refractivity contribution in [2.75, 3.05) is 0 Å². The normalized spacial score (nSPS) is 12.2. The molecular formula is C14H12F2O2. The second-order valence-electron chi connectivity index (χ2n) is 3.90. The Morgan fingerprint density at radius 2 is 1.72 bits per heavy atom. The van der Waals surface area contributed by atoms with Gasteiger partial charge in [-0.3, -0.25) is 0 Å². The van der Waals surface area contributed by atoms with Crippen LogP contribution in [0.1, 0.15) is 18.6 Å². The molecule has 0 aliphatic rings. The summed E-state index contributed by atoms with van der Waals surface area (Å²) < 4.78 is 31.5. The van der Waals surface area contributed by atoms with Crippen LogP contribution in [0.2, 0.25) is 0 Å². The van der Waals surface area contributed by atoms with E-state index in [2.05, 4.69) is 0 Å². The summed E-state index contributed by atoms with van der Waals surface area (Å²) in [5, 5.41) is 9.33. The van der Waals surface area contributed by atoms with E-state index < -0.39 is 17.7 Å². The molecule has 0 aromatic heterocycles. The quantitative estimate of drug-likeness (QED) is 0.897. The fraction of sp³-hybridized carbons (Fsp3) is 0.143. The Balaban J connectivity index is 2.21. The zero-order valence-electron chi connectivity index (χ0n) is 9.73. The summed E-state index contributed by atoms with van der Waals surface area (Å²) in [5.74, 6) is -1.76. The van der Waals surface area contributed by atoms with E-state index in [-0.39, 0.29) is 5.75 Å². The lowest BCUT2D eigenvalue weighted by atomic mass is 10.1. The van der Waals surface area contributed by atoms with Crippen LogP contribution in [0.4, 0.5) is 8.78 Å². The number of ether oxygens (including phenoxy) is 1. The largest absolute Gasteiger partial charge is 0.454 e. The predicted molar refractivity (Wildman–Crippen MR) is 63.5 cm³/mol. The second-order valence-corrected chi connectivity index (χ2v) is 3.90. The van der Waals surface area contributed by atoms with E-state index in [9.17, 15) is 13.9 Å². The average molecular weight is 250 g/mol. The van der Waals surface area contributed by atoms with Crippen LogP contribution in [0.3, 0.4) is 0 Å². The third kappa shape index (κ3) is 2.65. The summed E-state index contributed by atoms with van der Waals surface area (Å²) in [5.41, 5.74) is 0.724. The molecule has 0 bridgehead atoms. The number of aliphatic hydroxyl groups excluding tert-OH is 1. The minimum absolute atomic E-state index is 0.167. The summed E-state index contributed by atoms with van der Waals surface area (Å²) in [6, 6.07) is 10.3. The molecule has 0 saturated heterocycles. The maximum Gasteiger partial charge on any atom is 0.201 e. The monoisotopic (exact) mass is 250 g/mol. The van der Waals surface area contributed by atoms with E-state index in [4.69, 9.17) is 4.74 Å². The van der Waals surface area contributed by atoms with Crippen molar-refractivity contribution >= 4 is 0 Å². The Labute approximate surface area is 103 Å². The number of aliphatic hydroxyl groups is 1. The van der Waals surface area contributed by atoms with Crippen LogP contribution in [0, 0.1) is 11.6 Å². The first-order chi connectivity index (χ1) is 8.58. The van der Waals surface area contributed by atoms with Gasteiger partial charge in [-0.05, 0) is 36.8 Å². The van der Waals surface area contributed by atoms with Gasteiger partial charge in [-0.15, -0.1) is 0 Å². The molecule has 1 atom stereocenters. The molecule has 18 heavy (non-hydrogen) atoms. The van der Waals surface area contributed by atoms with Gasteiger partial charge in [0, 0.05) is 0 Å². The highest BCUT2D eigenvalue weighted by Crippen LogP contribution is 2.26. The first-order valence-corrected chi connectivity index (χ1v) is 5.48. The molecule has 1 N–H and O–H groups in total. The van der Waals surface area contributed by atoms with Crippen molar-refractivity contribution in [2.24, 2.45) is 0 Å². The van der Waals surface area contributed by atoms with Crippen molar-refractivity contribution in [1.82, 2.24) is 0 Å². The Morgan fingerprint density at radius 1 is 1.06 bits per heavy atom. The molecule has 2 nitrogen and oxygen atoms in total. The molecule has 94 valence electrons. The fourth-order valence-corrected chi connectivity index (χ4v) is 1.50. The van der Waals surface area contributed by atoms with Gasteiger partial charge in [-0.1, -0.05) is 18.2 Å². The van der Waals surface area contributed by atoms with Crippen LogP contribution < -0.4 is 4.74 Å². The molecule has 0 radical (unpaired) electrons.